The summed E-state index contributed by atoms with van der Waals surface area (Å²) in [5.74, 6) is 0. The maximum Gasteiger partial charge on any atom is 0.260 e. The van der Waals surface area contributed by atoms with Crippen molar-refractivity contribution < 1.29 is 8.42 Å². The van der Waals surface area contributed by atoms with Gasteiger partial charge in [0.1, 0.15) is 0 Å². The molecule has 0 spiro atoms. The molecule has 0 aliphatic carbocycles. The number of aryl methyl sites for hydroxylation is 2. The third-order valence-corrected chi connectivity index (χ3v) is 5.68. The monoisotopic (exact) mass is 309 g/mol. The molecular formula is C13H19N5O2S. The van der Waals surface area contributed by atoms with Gasteiger partial charge in [-0.05, 0) is 19.4 Å². The Bertz CT molecular complexity index is 746. The number of sulfonamides is 1. The summed E-state index contributed by atoms with van der Waals surface area (Å²) in [5, 5.41) is 11.5. The Hall–Kier alpha value is -1.67. The van der Waals surface area contributed by atoms with Gasteiger partial charge in [0, 0.05) is 37.3 Å². The molecule has 0 fully saturated rings. The largest absolute Gasteiger partial charge is 0.282 e. The third-order valence-electron chi connectivity index (χ3n) is 3.81. The third kappa shape index (κ3) is 2.38. The molecule has 7 nitrogen and oxygen atoms in total. The molecule has 2 aromatic heterocycles. The summed E-state index contributed by atoms with van der Waals surface area (Å²) in [5.41, 5.74) is 2.90. The van der Waals surface area contributed by atoms with Gasteiger partial charge in [-0.1, -0.05) is 6.92 Å². The van der Waals surface area contributed by atoms with Crippen LogP contribution in [-0.4, -0.2) is 39.2 Å². The molecule has 1 aliphatic rings. The smallest absolute Gasteiger partial charge is 0.260 e. The second-order valence-electron chi connectivity index (χ2n) is 5.26. The number of nitrogens with zero attached hydrogens (tertiary/aromatic N) is 4. The van der Waals surface area contributed by atoms with Crippen LogP contribution < -0.4 is 0 Å². The van der Waals surface area contributed by atoms with E-state index in [1.165, 1.54) is 4.31 Å². The minimum atomic E-state index is -3.52. The van der Waals surface area contributed by atoms with Gasteiger partial charge >= 0.3 is 0 Å². The van der Waals surface area contributed by atoms with Crippen molar-refractivity contribution in [2.45, 2.75) is 44.8 Å². The number of H-pyrrole nitrogens is 1. The van der Waals surface area contributed by atoms with Gasteiger partial charge in [-0.2, -0.15) is 14.5 Å². The van der Waals surface area contributed by atoms with E-state index in [9.17, 15) is 8.42 Å². The fourth-order valence-corrected chi connectivity index (χ4v) is 4.20. The fourth-order valence-electron chi connectivity index (χ4n) is 2.66. The zero-order chi connectivity index (χ0) is 15.0. The number of hydrogen-bond donors (Lipinski definition) is 1. The van der Waals surface area contributed by atoms with Crippen LogP contribution in [0.3, 0.4) is 0 Å². The minimum absolute atomic E-state index is 0.272. The van der Waals surface area contributed by atoms with E-state index >= 15 is 0 Å². The molecule has 114 valence electrons. The first kappa shape index (κ1) is 14.3. The van der Waals surface area contributed by atoms with E-state index < -0.39 is 10.0 Å². The van der Waals surface area contributed by atoms with Crippen LogP contribution in [-0.2, 0) is 29.5 Å². The average molecular weight is 309 g/mol. The molecule has 3 rings (SSSR count). The van der Waals surface area contributed by atoms with E-state index in [-0.39, 0.29) is 5.03 Å². The Morgan fingerprint density at radius 3 is 3.00 bits per heavy atom. The van der Waals surface area contributed by atoms with Gasteiger partial charge in [0.25, 0.3) is 10.0 Å². The first-order chi connectivity index (χ1) is 10.0. The zero-order valence-corrected chi connectivity index (χ0v) is 13.0. The molecule has 0 aromatic carbocycles. The predicted octanol–water partition coefficient (Wildman–Crippen LogP) is 1.07. The number of fused-ring (bicyclic) bond motifs is 1. The van der Waals surface area contributed by atoms with Crippen molar-refractivity contribution in [1.29, 1.82) is 0 Å². The highest BCUT2D eigenvalue weighted by Crippen LogP contribution is 2.25. The fraction of sp³-hybridized carbons (Fsp3) is 0.538. The Morgan fingerprint density at radius 2 is 2.24 bits per heavy atom. The molecule has 0 amide bonds. The summed E-state index contributed by atoms with van der Waals surface area (Å²) in [6, 6.07) is 1.57. The van der Waals surface area contributed by atoms with Gasteiger partial charge in [0.15, 0.2) is 5.03 Å². The Morgan fingerprint density at radius 1 is 1.43 bits per heavy atom. The Kier molecular flexibility index (Phi) is 3.58. The Labute approximate surface area is 124 Å². The SMILES string of the molecule is CCCn1nccc1S(=O)(=O)N1CCc2n[nH]c(C)c2C1. The summed E-state index contributed by atoms with van der Waals surface area (Å²) in [6.45, 7) is 5.35. The summed E-state index contributed by atoms with van der Waals surface area (Å²) in [7, 11) is -3.52. The van der Waals surface area contributed by atoms with Crippen LogP contribution in [0.2, 0.25) is 0 Å². The van der Waals surface area contributed by atoms with E-state index in [1.807, 2.05) is 13.8 Å². The van der Waals surface area contributed by atoms with Crippen LogP contribution in [0, 0.1) is 6.92 Å². The number of nitrogens with one attached hydrogen (secondary N) is 1. The minimum Gasteiger partial charge on any atom is -0.282 e. The second kappa shape index (κ2) is 5.27. The highest BCUT2D eigenvalue weighted by Gasteiger charge is 2.32. The van der Waals surface area contributed by atoms with E-state index in [2.05, 4.69) is 15.3 Å². The van der Waals surface area contributed by atoms with Crippen molar-refractivity contribution in [3.63, 3.8) is 0 Å². The van der Waals surface area contributed by atoms with Gasteiger partial charge in [-0.15, -0.1) is 0 Å². The number of rotatable bonds is 4. The summed E-state index contributed by atoms with van der Waals surface area (Å²) in [4.78, 5) is 0. The van der Waals surface area contributed by atoms with Gasteiger partial charge in [-0.25, -0.2) is 8.42 Å². The van der Waals surface area contributed by atoms with Crippen molar-refractivity contribution >= 4 is 10.0 Å². The van der Waals surface area contributed by atoms with Gasteiger partial charge in [0.2, 0.25) is 0 Å². The number of hydrogen-bond acceptors (Lipinski definition) is 4. The molecule has 3 heterocycles. The van der Waals surface area contributed by atoms with E-state index in [0.29, 0.717) is 26.1 Å². The molecule has 21 heavy (non-hydrogen) atoms. The van der Waals surface area contributed by atoms with Gasteiger partial charge in [-0.3, -0.25) is 9.78 Å². The molecule has 1 aliphatic heterocycles. The standard InChI is InChI=1S/C13H19N5O2S/c1-3-7-18-13(4-6-14-18)21(19,20)17-8-5-12-11(9-17)10(2)15-16-12/h4,6H,3,5,7-9H2,1-2H3,(H,15,16). The number of aromatic nitrogens is 4. The lowest BCUT2D eigenvalue weighted by molar-refractivity contribution is 0.382. The van der Waals surface area contributed by atoms with Gasteiger partial charge < -0.3 is 0 Å². The molecule has 0 unspecified atom stereocenters. The van der Waals surface area contributed by atoms with E-state index in [4.69, 9.17) is 0 Å². The lowest BCUT2D eigenvalue weighted by atomic mass is 10.1. The highest BCUT2D eigenvalue weighted by molar-refractivity contribution is 7.89. The first-order valence-electron chi connectivity index (χ1n) is 7.08. The first-order valence-corrected chi connectivity index (χ1v) is 8.52. The lowest BCUT2D eigenvalue weighted by Crippen LogP contribution is -2.37. The maximum absolute atomic E-state index is 12.8. The van der Waals surface area contributed by atoms with Crippen molar-refractivity contribution in [3.05, 3.63) is 29.2 Å². The highest BCUT2D eigenvalue weighted by atomic mass is 32.2. The van der Waals surface area contributed by atoms with Crippen LogP contribution in [0.5, 0.6) is 0 Å². The van der Waals surface area contributed by atoms with Crippen LogP contribution in [0.25, 0.3) is 0 Å². The van der Waals surface area contributed by atoms with Crippen LogP contribution in [0.1, 0.15) is 30.3 Å². The second-order valence-corrected chi connectivity index (χ2v) is 7.14. The van der Waals surface area contributed by atoms with Gasteiger partial charge in [0.05, 0.1) is 11.9 Å². The molecule has 8 heteroatoms. The quantitative estimate of drug-likeness (QED) is 0.915. The molecule has 0 saturated carbocycles. The average Bonchev–Trinajstić information content (AvgIpc) is 3.07. The Balaban J connectivity index is 1.93. The summed E-state index contributed by atoms with van der Waals surface area (Å²) < 4.78 is 28.7. The van der Waals surface area contributed by atoms with Crippen molar-refractivity contribution in [1.82, 2.24) is 24.3 Å². The zero-order valence-electron chi connectivity index (χ0n) is 12.2. The summed E-state index contributed by atoms with van der Waals surface area (Å²) >= 11 is 0. The number of aromatic amines is 1. The molecule has 0 atom stereocenters. The van der Waals surface area contributed by atoms with Crippen LogP contribution in [0.15, 0.2) is 17.3 Å². The van der Waals surface area contributed by atoms with Crippen LogP contribution >= 0.6 is 0 Å². The maximum atomic E-state index is 12.8. The van der Waals surface area contributed by atoms with Crippen LogP contribution in [0.4, 0.5) is 0 Å². The van der Waals surface area contributed by atoms with E-state index in [0.717, 1.165) is 23.4 Å². The molecule has 1 N–H and O–H groups in total. The van der Waals surface area contributed by atoms with Crippen molar-refractivity contribution in [2.75, 3.05) is 6.54 Å². The lowest BCUT2D eigenvalue weighted by Gasteiger charge is -2.26. The predicted molar refractivity (Wildman–Crippen MR) is 77.1 cm³/mol. The van der Waals surface area contributed by atoms with Crippen molar-refractivity contribution in [3.8, 4) is 0 Å². The molecule has 0 radical (unpaired) electrons. The normalized spacial score (nSPS) is 16.1. The molecule has 2 aromatic rings. The molecule has 0 saturated heterocycles. The van der Waals surface area contributed by atoms with Crippen molar-refractivity contribution in [2.24, 2.45) is 0 Å². The van der Waals surface area contributed by atoms with E-state index in [1.54, 1.807) is 16.9 Å². The topological polar surface area (TPSA) is 83.9 Å². The molecule has 0 bridgehead atoms. The summed E-state index contributed by atoms with van der Waals surface area (Å²) in [6.07, 6.45) is 3.02. The molecular weight excluding hydrogens is 290 g/mol.